The average molecular weight is 485 g/mol. The summed E-state index contributed by atoms with van der Waals surface area (Å²) in [6.45, 7) is 3.93. The smallest absolute Gasteiger partial charge is 0.329 e. The largest absolute Gasteiger partial charge is 0.466 e. The van der Waals surface area contributed by atoms with Gasteiger partial charge in [0.1, 0.15) is 31.0 Å². The molecule has 4 unspecified atom stereocenters. The first kappa shape index (κ1) is 26.9. The number of amides is 1. The summed E-state index contributed by atoms with van der Waals surface area (Å²) in [4.78, 5) is 64.3. The maximum absolute atomic E-state index is 12.9. The lowest BCUT2D eigenvalue weighted by Crippen LogP contribution is -2.46. The van der Waals surface area contributed by atoms with Crippen LogP contribution in [0.1, 0.15) is 43.9 Å². The summed E-state index contributed by atoms with van der Waals surface area (Å²) in [7, 11) is 0. The van der Waals surface area contributed by atoms with Gasteiger partial charge in [0, 0.05) is 19.3 Å². The van der Waals surface area contributed by atoms with Gasteiger partial charge >= 0.3 is 17.9 Å². The zero-order valence-corrected chi connectivity index (χ0v) is 18.8. The fraction of sp³-hybridized carbons (Fsp3) is 0.600. The standard InChI is InChI=1S/C20H27N3O11/c1-4-31-13(25)8-11(20(30)32-5-2)22-17(28)14-18(29)23(7-6-21-14)19-16(27)15(26)12(34-19)9-33-10(3)24/h6-7,11-12,15-16,19,26-27H,4-5,8-9H2,1-3H3,(H,22,28)/t11-,12?,15?,16?,19?/m0/s1. The molecule has 0 aliphatic carbocycles. The van der Waals surface area contributed by atoms with Gasteiger partial charge in [0.25, 0.3) is 11.5 Å². The molecule has 1 aromatic heterocycles. The highest BCUT2D eigenvalue weighted by Gasteiger charge is 2.45. The monoisotopic (exact) mass is 485 g/mol. The number of hydrogen-bond donors (Lipinski definition) is 3. The third-order valence-corrected chi connectivity index (χ3v) is 4.70. The number of esters is 3. The number of ether oxygens (including phenoxy) is 4. The molecule has 1 amide bonds. The van der Waals surface area contributed by atoms with Crippen LogP contribution < -0.4 is 10.9 Å². The third-order valence-electron chi connectivity index (χ3n) is 4.70. The molecular weight excluding hydrogens is 458 g/mol. The average Bonchev–Trinajstić information content (AvgIpc) is 3.06. The first-order valence-electron chi connectivity index (χ1n) is 10.5. The molecule has 14 heteroatoms. The van der Waals surface area contributed by atoms with Crippen LogP contribution in [0.4, 0.5) is 0 Å². The highest BCUT2D eigenvalue weighted by molar-refractivity contribution is 5.96. The van der Waals surface area contributed by atoms with Crippen LogP contribution >= 0.6 is 0 Å². The molecular formula is C20H27N3O11. The number of aliphatic hydroxyl groups excluding tert-OH is 2. The number of carbonyl (C=O) groups excluding carboxylic acids is 4. The maximum Gasteiger partial charge on any atom is 0.329 e. The lowest BCUT2D eigenvalue weighted by molar-refractivity contribution is -0.152. The second-order valence-corrected chi connectivity index (χ2v) is 7.12. The van der Waals surface area contributed by atoms with Gasteiger partial charge in [-0.25, -0.2) is 9.78 Å². The van der Waals surface area contributed by atoms with E-state index >= 15 is 0 Å². The zero-order chi connectivity index (χ0) is 25.4. The Balaban J connectivity index is 2.24. The fourth-order valence-electron chi connectivity index (χ4n) is 3.13. The van der Waals surface area contributed by atoms with Crippen molar-refractivity contribution in [3.8, 4) is 0 Å². The molecule has 5 atom stereocenters. The molecule has 2 rings (SSSR count). The molecule has 1 fully saturated rings. The Bertz CT molecular complexity index is 963. The predicted octanol–water partition coefficient (Wildman–Crippen LogP) is -1.96. The highest BCUT2D eigenvalue weighted by atomic mass is 16.6. The Hall–Kier alpha value is -3.36. The van der Waals surface area contributed by atoms with Gasteiger partial charge in [-0.1, -0.05) is 0 Å². The molecule has 0 radical (unpaired) electrons. The van der Waals surface area contributed by atoms with Crippen LogP contribution in [-0.4, -0.2) is 87.8 Å². The Morgan fingerprint density at radius 3 is 2.44 bits per heavy atom. The molecule has 3 N–H and O–H groups in total. The molecule has 34 heavy (non-hydrogen) atoms. The van der Waals surface area contributed by atoms with Crippen molar-refractivity contribution in [1.82, 2.24) is 14.9 Å². The summed E-state index contributed by atoms with van der Waals surface area (Å²) < 4.78 is 20.7. The van der Waals surface area contributed by atoms with Gasteiger partial charge in [-0.05, 0) is 13.8 Å². The topological polar surface area (TPSA) is 193 Å². The van der Waals surface area contributed by atoms with Crippen LogP contribution in [0.5, 0.6) is 0 Å². The van der Waals surface area contributed by atoms with Crippen molar-refractivity contribution in [3.05, 3.63) is 28.4 Å². The van der Waals surface area contributed by atoms with E-state index < -0.39 is 72.1 Å². The lowest BCUT2D eigenvalue weighted by Gasteiger charge is -2.19. The van der Waals surface area contributed by atoms with E-state index in [0.717, 1.165) is 23.9 Å². The molecule has 0 saturated carbocycles. The van der Waals surface area contributed by atoms with Crippen LogP contribution in [0.25, 0.3) is 0 Å². The van der Waals surface area contributed by atoms with E-state index in [1.807, 2.05) is 0 Å². The first-order valence-corrected chi connectivity index (χ1v) is 10.5. The van der Waals surface area contributed by atoms with E-state index in [4.69, 9.17) is 18.9 Å². The molecule has 2 heterocycles. The summed E-state index contributed by atoms with van der Waals surface area (Å²) in [5.41, 5.74) is -1.68. The summed E-state index contributed by atoms with van der Waals surface area (Å²) in [6, 6.07) is -1.44. The number of nitrogens with zero attached hydrogens (tertiary/aromatic N) is 2. The van der Waals surface area contributed by atoms with Crippen molar-refractivity contribution in [3.63, 3.8) is 0 Å². The Morgan fingerprint density at radius 1 is 1.15 bits per heavy atom. The molecule has 0 aromatic carbocycles. The van der Waals surface area contributed by atoms with E-state index in [1.165, 1.54) is 6.92 Å². The van der Waals surface area contributed by atoms with Crippen LogP contribution in [0.3, 0.4) is 0 Å². The van der Waals surface area contributed by atoms with Gasteiger partial charge in [0.15, 0.2) is 11.9 Å². The van der Waals surface area contributed by atoms with E-state index in [2.05, 4.69) is 10.3 Å². The SMILES string of the molecule is CCOC(=O)C[C@H](NC(=O)c1nccn(C2OC(COC(C)=O)C(O)C2O)c1=O)C(=O)OCC. The highest BCUT2D eigenvalue weighted by Crippen LogP contribution is 2.28. The molecule has 1 aliphatic heterocycles. The maximum atomic E-state index is 12.9. The van der Waals surface area contributed by atoms with Crippen molar-refractivity contribution in [1.29, 1.82) is 0 Å². The number of hydrogen-bond acceptors (Lipinski definition) is 12. The molecule has 0 spiro atoms. The number of aliphatic hydroxyl groups is 2. The Morgan fingerprint density at radius 2 is 1.82 bits per heavy atom. The molecule has 188 valence electrons. The van der Waals surface area contributed by atoms with Crippen molar-refractivity contribution < 1.29 is 48.3 Å². The minimum absolute atomic E-state index is 0.0157. The van der Waals surface area contributed by atoms with Crippen molar-refractivity contribution in [2.75, 3.05) is 19.8 Å². The zero-order valence-electron chi connectivity index (χ0n) is 18.8. The van der Waals surface area contributed by atoms with Gasteiger partial charge in [0.05, 0.1) is 19.6 Å². The quantitative estimate of drug-likeness (QED) is 0.245. The molecule has 1 aliphatic rings. The molecule has 14 nitrogen and oxygen atoms in total. The van der Waals surface area contributed by atoms with Crippen molar-refractivity contribution in [2.24, 2.45) is 0 Å². The van der Waals surface area contributed by atoms with Crippen LogP contribution in [-0.2, 0) is 33.3 Å². The minimum atomic E-state index is -1.59. The minimum Gasteiger partial charge on any atom is -0.466 e. The van der Waals surface area contributed by atoms with Gasteiger partial charge in [-0.3, -0.25) is 23.7 Å². The molecule has 1 saturated heterocycles. The summed E-state index contributed by atoms with van der Waals surface area (Å²) >= 11 is 0. The van der Waals surface area contributed by atoms with Crippen molar-refractivity contribution >= 4 is 23.8 Å². The molecule has 0 bridgehead atoms. The number of carbonyl (C=O) groups is 4. The first-order chi connectivity index (χ1) is 16.1. The second-order valence-electron chi connectivity index (χ2n) is 7.12. The summed E-state index contributed by atoms with van der Waals surface area (Å²) in [6.07, 6.45) is -3.96. The predicted molar refractivity (Wildman–Crippen MR) is 110 cm³/mol. The normalized spacial score (nSPS) is 22.5. The van der Waals surface area contributed by atoms with E-state index in [9.17, 15) is 34.2 Å². The van der Waals surface area contributed by atoms with Crippen LogP contribution in [0.2, 0.25) is 0 Å². The number of rotatable bonds is 10. The van der Waals surface area contributed by atoms with E-state index in [1.54, 1.807) is 6.92 Å². The third kappa shape index (κ3) is 6.59. The van der Waals surface area contributed by atoms with E-state index in [0.29, 0.717) is 0 Å². The number of aromatic nitrogens is 2. The molecule has 1 aromatic rings. The van der Waals surface area contributed by atoms with Gasteiger partial charge in [0.2, 0.25) is 0 Å². The van der Waals surface area contributed by atoms with Crippen molar-refractivity contribution in [2.45, 2.75) is 57.8 Å². The Kier molecular flexibility index (Phi) is 9.65. The Labute approximate surface area is 193 Å². The fourth-order valence-corrected chi connectivity index (χ4v) is 3.13. The second kappa shape index (κ2) is 12.2. The van der Waals surface area contributed by atoms with Gasteiger partial charge in [-0.2, -0.15) is 0 Å². The summed E-state index contributed by atoms with van der Waals surface area (Å²) in [5, 5.41) is 22.7. The van der Waals surface area contributed by atoms with Gasteiger partial charge in [-0.15, -0.1) is 0 Å². The van der Waals surface area contributed by atoms with Crippen LogP contribution in [0, 0.1) is 0 Å². The lowest BCUT2D eigenvalue weighted by atomic mass is 10.1. The summed E-state index contributed by atoms with van der Waals surface area (Å²) in [5.74, 6) is -3.40. The van der Waals surface area contributed by atoms with E-state index in [-0.39, 0.29) is 19.8 Å². The number of nitrogens with one attached hydrogen (secondary N) is 1. The van der Waals surface area contributed by atoms with Crippen LogP contribution in [0.15, 0.2) is 17.2 Å². The van der Waals surface area contributed by atoms with Gasteiger partial charge < -0.3 is 34.5 Å².